The second-order valence-electron chi connectivity index (χ2n) is 10.2. The van der Waals surface area contributed by atoms with Gasteiger partial charge in [0.1, 0.15) is 0 Å². The van der Waals surface area contributed by atoms with E-state index in [0.717, 1.165) is 48.9 Å². The molecule has 0 aromatic heterocycles. The second-order valence-corrected chi connectivity index (χ2v) is 10.2. The summed E-state index contributed by atoms with van der Waals surface area (Å²) in [5.74, 6) is 4.11. The average Bonchev–Trinajstić information content (AvgIpc) is 2.94. The molecule has 1 spiro atoms. The lowest BCUT2D eigenvalue weighted by molar-refractivity contribution is -0.134. The zero-order chi connectivity index (χ0) is 16.5. The highest BCUT2D eigenvalue weighted by Crippen LogP contribution is 2.69. The fraction of sp³-hybridized carbons (Fsp3) is 0.909. The van der Waals surface area contributed by atoms with Crippen LogP contribution >= 0.6 is 0 Å². The van der Waals surface area contributed by atoms with Crippen LogP contribution in [0.3, 0.4) is 0 Å². The maximum absolute atomic E-state index is 10.3. The lowest BCUT2D eigenvalue weighted by Gasteiger charge is -2.62. The summed E-state index contributed by atoms with van der Waals surface area (Å²) in [7, 11) is 0. The van der Waals surface area contributed by atoms with Crippen molar-refractivity contribution in [3.05, 3.63) is 12.2 Å². The lowest BCUT2D eigenvalue weighted by atomic mass is 9.43. The van der Waals surface area contributed by atoms with Crippen molar-refractivity contribution < 1.29 is 10.2 Å². The first kappa shape index (κ1) is 15.9. The maximum Gasteiger partial charge on any atom is 0.0726 e. The Morgan fingerprint density at radius 1 is 0.875 bits per heavy atom. The van der Waals surface area contributed by atoms with Gasteiger partial charge in [-0.15, -0.1) is 0 Å². The van der Waals surface area contributed by atoms with Crippen molar-refractivity contribution in [2.24, 2.45) is 40.4 Å². The molecule has 0 amide bonds. The van der Waals surface area contributed by atoms with Crippen LogP contribution in [0.4, 0.5) is 0 Å². The highest BCUT2D eigenvalue weighted by molar-refractivity contribution is 5.17. The van der Waals surface area contributed by atoms with Crippen molar-refractivity contribution >= 4 is 0 Å². The Balaban J connectivity index is 1.46. The number of allylic oxidation sites excluding steroid dienone is 1. The van der Waals surface area contributed by atoms with E-state index in [0.29, 0.717) is 10.8 Å². The molecule has 5 rings (SSSR count). The monoisotopic (exact) mass is 330 g/mol. The zero-order valence-corrected chi connectivity index (χ0v) is 15.2. The average molecular weight is 331 g/mol. The minimum Gasteiger partial charge on any atom is -0.393 e. The second kappa shape index (κ2) is 5.33. The van der Waals surface area contributed by atoms with Crippen molar-refractivity contribution in [1.82, 2.24) is 0 Å². The lowest BCUT2D eigenvalue weighted by Crippen LogP contribution is -2.55. The molecule has 4 fully saturated rings. The molecule has 0 unspecified atom stereocenters. The highest BCUT2D eigenvalue weighted by Gasteiger charge is 2.61. The molecule has 9 atom stereocenters. The predicted octanol–water partition coefficient (Wildman–Crippen LogP) is 4.31. The summed E-state index contributed by atoms with van der Waals surface area (Å²) in [6, 6.07) is 0. The third-order valence-electron chi connectivity index (χ3n) is 9.58. The summed E-state index contributed by atoms with van der Waals surface area (Å²) >= 11 is 0. The summed E-state index contributed by atoms with van der Waals surface area (Å²) in [4.78, 5) is 0. The van der Waals surface area contributed by atoms with Crippen molar-refractivity contribution in [2.45, 2.75) is 83.3 Å². The molecular weight excluding hydrogens is 296 g/mol. The van der Waals surface area contributed by atoms with Gasteiger partial charge in [-0.05, 0) is 105 Å². The van der Waals surface area contributed by atoms with E-state index in [1.807, 2.05) is 0 Å². The van der Waals surface area contributed by atoms with Gasteiger partial charge in [-0.1, -0.05) is 19.1 Å². The van der Waals surface area contributed by atoms with Gasteiger partial charge in [0.2, 0.25) is 0 Å². The molecule has 0 heterocycles. The number of aliphatic hydroxyl groups excluding tert-OH is 2. The Morgan fingerprint density at radius 2 is 1.75 bits per heavy atom. The van der Waals surface area contributed by atoms with Crippen LogP contribution in [0.5, 0.6) is 0 Å². The van der Waals surface area contributed by atoms with E-state index in [9.17, 15) is 10.2 Å². The van der Waals surface area contributed by atoms with Gasteiger partial charge in [-0.2, -0.15) is 0 Å². The standard InChI is InChI=1S/C22H34O2/c1-21-10-8-16(23)12-15(21)3-6-18-19(21)9-11-22-13-17(24)5-2-14(22)4-7-20(18)22/h2,5,14-20,23-24H,3-4,6-13H2,1H3/t14-,15-,16+,17+,18+,19-,20-,21-,22-/m0/s1. The molecule has 0 radical (unpaired) electrons. The minimum atomic E-state index is -0.199. The Hall–Kier alpha value is -0.340. The molecular formula is C22H34O2. The summed E-state index contributed by atoms with van der Waals surface area (Å²) in [6.45, 7) is 2.57. The van der Waals surface area contributed by atoms with Crippen LogP contribution < -0.4 is 0 Å². The van der Waals surface area contributed by atoms with Crippen LogP contribution in [-0.2, 0) is 0 Å². The molecule has 134 valence electrons. The summed E-state index contributed by atoms with van der Waals surface area (Å²) in [6.07, 6.45) is 16.8. The van der Waals surface area contributed by atoms with Crippen LogP contribution in [-0.4, -0.2) is 22.4 Å². The van der Waals surface area contributed by atoms with E-state index >= 15 is 0 Å². The van der Waals surface area contributed by atoms with Crippen LogP contribution in [0.15, 0.2) is 12.2 Å². The number of hydrogen-bond donors (Lipinski definition) is 2. The summed E-state index contributed by atoms with van der Waals surface area (Å²) in [5, 5.41) is 20.5. The molecule has 5 aliphatic rings. The molecule has 0 saturated heterocycles. The molecule has 0 aromatic rings. The fourth-order valence-corrected chi connectivity index (χ4v) is 8.50. The summed E-state index contributed by atoms with van der Waals surface area (Å²) in [5.41, 5.74) is 0.900. The van der Waals surface area contributed by atoms with E-state index in [1.165, 1.54) is 44.9 Å². The number of aliphatic hydroxyl groups is 2. The third kappa shape index (κ3) is 2.02. The highest BCUT2D eigenvalue weighted by atomic mass is 16.3. The largest absolute Gasteiger partial charge is 0.393 e. The molecule has 0 aliphatic heterocycles. The van der Waals surface area contributed by atoms with Crippen LogP contribution in [0, 0.1) is 40.4 Å². The Labute approximate surface area is 146 Å². The van der Waals surface area contributed by atoms with E-state index in [2.05, 4.69) is 19.1 Å². The van der Waals surface area contributed by atoms with Crippen molar-refractivity contribution in [3.8, 4) is 0 Å². The molecule has 2 N–H and O–H groups in total. The van der Waals surface area contributed by atoms with Gasteiger partial charge in [0, 0.05) is 0 Å². The van der Waals surface area contributed by atoms with Gasteiger partial charge in [0.15, 0.2) is 0 Å². The molecule has 4 saturated carbocycles. The first-order chi connectivity index (χ1) is 11.5. The van der Waals surface area contributed by atoms with Crippen LogP contribution in [0.2, 0.25) is 0 Å². The summed E-state index contributed by atoms with van der Waals surface area (Å²) < 4.78 is 0. The first-order valence-corrected chi connectivity index (χ1v) is 10.6. The van der Waals surface area contributed by atoms with Gasteiger partial charge < -0.3 is 10.2 Å². The smallest absolute Gasteiger partial charge is 0.0726 e. The molecule has 2 nitrogen and oxygen atoms in total. The Bertz CT molecular complexity index is 542. The van der Waals surface area contributed by atoms with E-state index in [-0.39, 0.29) is 12.2 Å². The SMILES string of the molecule is C[C@]12CC[C@@H](O)C[C@@H]1CC[C@@H]1[C@@H]2CC[C@]23C[C@H](O)C=C[C@H]2CC[C@@H]13. The first-order valence-electron chi connectivity index (χ1n) is 10.6. The van der Waals surface area contributed by atoms with Gasteiger partial charge >= 0.3 is 0 Å². The maximum atomic E-state index is 10.3. The van der Waals surface area contributed by atoms with Gasteiger partial charge in [-0.25, -0.2) is 0 Å². The van der Waals surface area contributed by atoms with Crippen LogP contribution in [0.1, 0.15) is 71.1 Å². The van der Waals surface area contributed by atoms with Gasteiger partial charge in [0.25, 0.3) is 0 Å². The molecule has 0 bridgehead atoms. The fourth-order valence-electron chi connectivity index (χ4n) is 8.50. The Kier molecular flexibility index (Phi) is 3.53. The molecule has 2 heteroatoms. The number of hydrogen-bond acceptors (Lipinski definition) is 2. The molecule has 24 heavy (non-hydrogen) atoms. The topological polar surface area (TPSA) is 40.5 Å². The zero-order valence-electron chi connectivity index (χ0n) is 15.2. The van der Waals surface area contributed by atoms with Crippen LogP contribution in [0.25, 0.3) is 0 Å². The van der Waals surface area contributed by atoms with Crippen molar-refractivity contribution in [3.63, 3.8) is 0 Å². The number of fused-ring (bicyclic) bond motifs is 4. The van der Waals surface area contributed by atoms with E-state index in [4.69, 9.17) is 0 Å². The Morgan fingerprint density at radius 3 is 2.62 bits per heavy atom. The minimum absolute atomic E-state index is 0.0379. The van der Waals surface area contributed by atoms with E-state index in [1.54, 1.807) is 0 Å². The van der Waals surface area contributed by atoms with Crippen molar-refractivity contribution in [2.75, 3.05) is 0 Å². The molecule has 5 aliphatic carbocycles. The van der Waals surface area contributed by atoms with E-state index < -0.39 is 0 Å². The predicted molar refractivity (Wildman–Crippen MR) is 95.3 cm³/mol. The van der Waals surface area contributed by atoms with Crippen molar-refractivity contribution in [1.29, 1.82) is 0 Å². The third-order valence-corrected chi connectivity index (χ3v) is 9.58. The molecule has 0 aromatic carbocycles. The number of rotatable bonds is 0. The quantitative estimate of drug-likeness (QED) is 0.650. The van der Waals surface area contributed by atoms with Gasteiger partial charge in [-0.3, -0.25) is 0 Å². The normalized spacial score (nSPS) is 59.2. The van der Waals surface area contributed by atoms with Gasteiger partial charge in [0.05, 0.1) is 12.2 Å².